The molecule has 70 heavy (non-hydrogen) atoms. The lowest BCUT2D eigenvalue weighted by Crippen LogP contribution is -2.00. The molecule has 0 amide bonds. The van der Waals surface area contributed by atoms with Crippen LogP contribution in [0.5, 0.6) is 0 Å². The number of aromatic nitrogens is 4. The van der Waals surface area contributed by atoms with Crippen LogP contribution in [0.1, 0.15) is 0 Å². The number of para-hydroxylation sites is 6. The van der Waals surface area contributed by atoms with E-state index in [-0.39, 0.29) is 0 Å². The second-order valence-electron chi connectivity index (χ2n) is 18.4. The van der Waals surface area contributed by atoms with Crippen molar-refractivity contribution in [3.63, 3.8) is 0 Å². The van der Waals surface area contributed by atoms with Gasteiger partial charge in [-0.05, 0) is 96.1 Å². The van der Waals surface area contributed by atoms with Crippen LogP contribution in [0, 0.1) is 0 Å². The van der Waals surface area contributed by atoms with Gasteiger partial charge in [0.15, 0.2) is 0 Å². The quantitative estimate of drug-likeness (QED) is 0.164. The normalized spacial score (nSPS) is 12.3. The lowest BCUT2D eigenvalue weighted by Gasteiger charge is -2.14. The highest BCUT2D eigenvalue weighted by molar-refractivity contribution is 7.26. The van der Waals surface area contributed by atoms with Crippen LogP contribution in [0.3, 0.4) is 0 Å². The Kier molecular flexibility index (Phi) is 7.89. The average Bonchev–Trinajstić information content (AvgIpc) is 4.27. The third kappa shape index (κ3) is 5.18. The van der Waals surface area contributed by atoms with Gasteiger partial charge in [-0.25, -0.2) is 0 Å². The molecular formula is C64H38N4S2. The minimum atomic E-state index is 1.15. The van der Waals surface area contributed by atoms with Crippen molar-refractivity contribution in [2.75, 3.05) is 0 Å². The van der Waals surface area contributed by atoms with Crippen LogP contribution >= 0.6 is 22.7 Å². The summed E-state index contributed by atoms with van der Waals surface area (Å²) < 4.78 is 12.6. The second kappa shape index (κ2) is 14.4. The molecule has 326 valence electrons. The van der Waals surface area contributed by atoms with Gasteiger partial charge in [0, 0.05) is 74.6 Å². The molecule has 0 unspecified atom stereocenters. The van der Waals surface area contributed by atoms with Gasteiger partial charge in [-0.2, -0.15) is 0 Å². The first kappa shape index (κ1) is 38.3. The topological polar surface area (TPSA) is 19.7 Å². The third-order valence-corrected chi connectivity index (χ3v) is 17.1. The van der Waals surface area contributed by atoms with Gasteiger partial charge in [0.1, 0.15) is 9.66 Å². The summed E-state index contributed by atoms with van der Waals surface area (Å²) in [7, 11) is 0. The van der Waals surface area contributed by atoms with Crippen molar-refractivity contribution in [1.82, 2.24) is 18.3 Å². The van der Waals surface area contributed by atoms with Gasteiger partial charge >= 0.3 is 0 Å². The SMILES string of the molecule is c1ccc(-n2c3ccccc3c3cccc(-n4c5ccc(-c6ccc7c(c6)c6c8ccccc8sc6n7-c6cccc7c8ccccc8n(-c8ccccc8)c67)cc5c5c6ccccc6sc54)c32)cc1. The van der Waals surface area contributed by atoms with Gasteiger partial charge in [-0.1, -0.05) is 146 Å². The lowest BCUT2D eigenvalue weighted by atomic mass is 10.00. The molecule has 0 bridgehead atoms. The van der Waals surface area contributed by atoms with Crippen LogP contribution in [0.15, 0.2) is 231 Å². The molecule has 10 aromatic carbocycles. The number of thiophene rings is 2. The van der Waals surface area contributed by atoms with E-state index in [1.165, 1.54) is 129 Å². The summed E-state index contributed by atoms with van der Waals surface area (Å²) >= 11 is 3.77. The fourth-order valence-electron chi connectivity index (χ4n) is 11.9. The molecule has 0 N–H and O–H groups in total. The van der Waals surface area contributed by atoms with Gasteiger partial charge < -0.3 is 9.13 Å². The van der Waals surface area contributed by atoms with Crippen LogP contribution in [0.4, 0.5) is 0 Å². The molecule has 4 nitrogen and oxygen atoms in total. The minimum absolute atomic E-state index is 1.15. The highest BCUT2D eigenvalue weighted by Crippen LogP contribution is 2.48. The van der Waals surface area contributed by atoms with E-state index in [1.54, 1.807) is 0 Å². The van der Waals surface area contributed by atoms with Crippen LogP contribution in [0.25, 0.3) is 140 Å². The second-order valence-corrected chi connectivity index (χ2v) is 20.5. The van der Waals surface area contributed by atoms with E-state index >= 15 is 0 Å². The summed E-state index contributed by atoms with van der Waals surface area (Å²) in [6.45, 7) is 0. The first-order valence-electron chi connectivity index (χ1n) is 23.8. The number of benzene rings is 10. The molecule has 0 aliphatic carbocycles. The first-order valence-corrected chi connectivity index (χ1v) is 25.5. The summed E-state index contributed by atoms with van der Waals surface area (Å²) in [5.41, 5.74) is 14.3. The van der Waals surface area contributed by atoms with E-state index in [4.69, 9.17) is 0 Å². The van der Waals surface area contributed by atoms with E-state index in [9.17, 15) is 0 Å². The first-order chi connectivity index (χ1) is 34.8. The zero-order chi connectivity index (χ0) is 45.6. The maximum absolute atomic E-state index is 2.54. The van der Waals surface area contributed by atoms with Crippen molar-refractivity contribution in [2.24, 2.45) is 0 Å². The summed E-state index contributed by atoms with van der Waals surface area (Å²) in [5.74, 6) is 0. The van der Waals surface area contributed by atoms with Crippen molar-refractivity contribution in [3.05, 3.63) is 231 Å². The fraction of sp³-hybridized carbons (Fsp3) is 0. The summed E-state index contributed by atoms with van der Waals surface area (Å²) in [4.78, 5) is 2.51. The lowest BCUT2D eigenvalue weighted by molar-refractivity contribution is 1.14. The largest absolute Gasteiger partial charge is 0.307 e. The molecule has 16 aromatic rings. The monoisotopic (exact) mass is 926 g/mol. The van der Waals surface area contributed by atoms with Crippen LogP contribution < -0.4 is 0 Å². The standard InChI is InChI=1S/C64H38N4S2/c1-3-17-41(18-4-1)65-51-27-11-7-21-43(51)45-25-15-29-55(61(45)65)67-53-35-33-39(37-49(53)59-47-23-9-13-31-57(47)69-63(59)67)40-34-36-54-50(38-40)60-48-24-10-14-32-58(48)70-64(60)68(54)56-30-16-26-46-44-22-8-12-28-52(44)66(62(46)56)42-19-5-2-6-20-42/h1-38H. The molecule has 0 atom stereocenters. The van der Waals surface area contributed by atoms with E-state index in [2.05, 4.69) is 249 Å². The van der Waals surface area contributed by atoms with Crippen LogP contribution in [0.2, 0.25) is 0 Å². The maximum Gasteiger partial charge on any atom is 0.109 e. The maximum atomic E-state index is 2.54. The Labute approximate surface area is 408 Å². The molecule has 0 aliphatic heterocycles. The Bertz CT molecular complexity index is 4520. The molecule has 16 rings (SSSR count). The molecule has 0 radical (unpaired) electrons. The molecule has 0 fully saturated rings. The number of fused-ring (bicyclic) bond motifs is 16. The smallest absolute Gasteiger partial charge is 0.109 e. The molecule has 6 aromatic heterocycles. The van der Waals surface area contributed by atoms with Crippen molar-refractivity contribution >= 4 is 129 Å². The number of rotatable bonds is 5. The average molecular weight is 927 g/mol. The van der Waals surface area contributed by atoms with Crippen LogP contribution in [-0.4, -0.2) is 18.3 Å². The van der Waals surface area contributed by atoms with Gasteiger partial charge in [0.05, 0.1) is 44.5 Å². The Morgan fingerprint density at radius 1 is 0.257 bits per heavy atom. The van der Waals surface area contributed by atoms with Crippen LogP contribution in [-0.2, 0) is 0 Å². The predicted octanol–water partition coefficient (Wildman–Crippen LogP) is 18.2. The van der Waals surface area contributed by atoms with Gasteiger partial charge in [0.25, 0.3) is 0 Å². The highest BCUT2D eigenvalue weighted by Gasteiger charge is 2.25. The van der Waals surface area contributed by atoms with Gasteiger partial charge in [-0.3, -0.25) is 9.13 Å². The Hall–Kier alpha value is -8.68. The molecule has 0 spiro atoms. The molecule has 0 saturated heterocycles. The van der Waals surface area contributed by atoms with Crippen molar-refractivity contribution in [3.8, 4) is 33.9 Å². The zero-order valence-electron chi connectivity index (χ0n) is 37.5. The van der Waals surface area contributed by atoms with Gasteiger partial charge in [-0.15, -0.1) is 22.7 Å². The minimum Gasteiger partial charge on any atom is -0.307 e. The van der Waals surface area contributed by atoms with Crippen molar-refractivity contribution in [1.29, 1.82) is 0 Å². The van der Waals surface area contributed by atoms with E-state index in [1.807, 2.05) is 22.7 Å². The molecule has 0 aliphatic rings. The van der Waals surface area contributed by atoms with E-state index < -0.39 is 0 Å². The zero-order valence-corrected chi connectivity index (χ0v) is 39.2. The third-order valence-electron chi connectivity index (χ3n) is 14.8. The molecule has 0 saturated carbocycles. The predicted molar refractivity (Wildman–Crippen MR) is 300 cm³/mol. The van der Waals surface area contributed by atoms with Gasteiger partial charge in [0.2, 0.25) is 0 Å². The summed E-state index contributed by atoms with van der Waals surface area (Å²) in [6, 6.07) is 85.2. The Morgan fingerprint density at radius 2 is 0.629 bits per heavy atom. The molecule has 6 heteroatoms. The number of hydrogen-bond acceptors (Lipinski definition) is 2. The fourth-order valence-corrected chi connectivity index (χ4v) is 14.4. The highest BCUT2D eigenvalue weighted by atomic mass is 32.1. The van der Waals surface area contributed by atoms with Crippen molar-refractivity contribution < 1.29 is 0 Å². The number of nitrogens with zero attached hydrogens (tertiary/aromatic N) is 4. The Balaban J connectivity index is 0.957. The summed E-state index contributed by atoms with van der Waals surface area (Å²) in [5, 5.41) is 12.7. The Morgan fingerprint density at radius 3 is 1.09 bits per heavy atom. The van der Waals surface area contributed by atoms with E-state index in [0.717, 1.165) is 11.4 Å². The van der Waals surface area contributed by atoms with Crippen molar-refractivity contribution in [2.45, 2.75) is 0 Å². The molecule has 6 heterocycles. The summed E-state index contributed by atoms with van der Waals surface area (Å²) in [6.07, 6.45) is 0. The number of hydrogen-bond donors (Lipinski definition) is 0. The van der Waals surface area contributed by atoms with E-state index in [0.29, 0.717) is 0 Å². The molecular weight excluding hydrogens is 889 g/mol.